The normalized spacial score (nSPS) is 17.7. The van der Waals surface area contributed by atoms with Gasteiger partial charge < -0.3 is 26.4 Å². The van der Waals surface area contributed by atoms with Crippen LogP contribution in [-0.4, -0.2) is 55.3 Å². The lowest BCUT2D eigenvalue weighted by atomic mass is 9.90. The van der Waals surface area contributed by atoms with Crippen molar-refractivity contribution in [2.24, 2.45) is 10.7 Å². The van der Waals surface area contributed by atoms with Crippen LogP contribution in [0, 0.1) is 0 Å². The molecule has 1 saturated carbocycles. The van der Waals surface area contributed by atoms with Crippen LogP contribution in [-0.2, 0) is 9.84 Å². The molecule has 0 atom stereocenters. The lowest BCUT2D eigenvalue weighted by Crippen LogP contribution is -2.26. The lowest BCUT2D eigenvalue weighted by Gasteiger charge is -2.24. The number of aromatic nitrogens is 2. The average Bonchev–Trinajstić information content (AvgIpc) is 3.73. The molecule has 1 aromatic heterocycles. The molecule has 1 saturated heterocycles. The number of hydrogen-bond donors (Lipinski definition) is 4. The maximum absolute atomic E-state index is 13.3. The molecule has 1 aliphatic heterocycles. The summed E-state index contributed by atoms with van der Waals surface area (Å²) in [7, 11) is -3.86. The van der Waals surface area contributed by atoms with Crippen LogP contribution in [0.15, 0.2) is 40.1 Å². The molecule has 1 aliphatic carbocycles. The van der Waals surface area contributed by atoms with Gasteiger partial charge in [0.15, 0.2) is 26.4 Å². The third-order valence-corrected chi connectivity index (χ3v) is 8.79. The third kappa shape index (κ3) is 7.76. The Balaban J connectivity index is 1.65. The summed E-state index contributed by atoms with van der Waals surface area (Å²) in [6, 6.07) is 4.66. The minimum atomic E-state index is -4.92. The highest BCUT2D eigenvalue weighted by Gasteiger charge is 2.33. The van der Waals surface area contributed by atoms with Gasteiger partial charge in [0, 0.05) is 6.21 Å². The Morgan fingerprint density at radius 3 is 2.58 bits per heavy atom. The second-order valence-electron chi connectivity index (χ2n) is 9.85. The fraction of sp³-hybridized carbons (Fsp3) is 0.480. The van der Waals surface area contributed by atoms with Gasteiger partial charge in [-0.2, -0.15) is 4.98 Å². The molecule has 0 amide bonds. The topological polar surface area (TPSA) is 144 Å². The number of nitrogens with two attached hydrogens (primary N) is 1. The predicted octanol–water partition coefficient (Wildman–Crippen LogP) is 4.84. The van der Waals surface area contributed by atoms with Crippen LogP contribution in [0.25, 0.3) is 0 Å². The Hall–Kier alpha value is -3.10. The van der Waals surface area contributed by atoms with E-state index in [1.165, 1.54) is 38.4 Å². The van der Waals surface area contributed by atoms with E-state index in [1.807, 2.05) is 0 Å². The maximum Gasteiger partial charge on any atom is 0.573 e. The molecule has 218 valence electrons. The van der Waals surface area contributed by atoms with Gasteiger partial charge in [0.05, 0.1) is 28.9 Å². The molecule has 40 heavy (non-hydrogen) atoms. The molecule has 15 heteroatoms. The second kappa shape index (κ2) is 12.2. The van der Waals surface area contributed by atoms with E-state index in [2.05, 4.69) is 35.6 Å². The maximum atomic E-state index is 13.3. The number of hydrogen-bond acceptors (Lipinski definition) is 10. The molecule has 0 spiro atoms. The Labute approximate surface area is 235 Å². The van der Waals surface area contributed by atoms with E-state index in [0.29, 0.717) is 0 Å². The zero-order valence-corrected chi connectivity index (χ0v) is 23.5. The highest BCUT2D eigenvalue weighted by molar-refractivity contribution is 7.95. The van der Waals surface area contributed by atoms with Crippen LogP contribution in [0.5, 0.6) is 5.75 Å². The summed E-state index contributed by atoms with van der Waals surface area (Å²) in [6.45, 7) is 4.54. The smallest absolute Gasteiger partial charge is 0.404 e. The van der Waals surface area contributed by atoms with Gasteiger partial charge in [0.1, 0.15) is 5.02 Å². The summed E-state index contributed by atoms with van der Waals surface area (Å²) in [5, 5.41) is 7.57. The summed E-state index contributed by atoms with van der Waals surface area (Å²) in [4.78, 5) is 12.6. The van der Waals surface area contributed by atoms with Gasteiger partial charge in [0.25, 0.3) is 0 Å². The number of aliphatic imine (C=N–C) groups is 1. The van der Waals surface area contributed by atoms with E-state index < -0.39 is 32.2 Å². The van der Waals surface area contributed by atoms with Gasteiger partial charge in [0.2, 0.25) is 5.95 Å². The van der Waals surface area contributed by atoms with Crippen molar-refractivity contribution in [1.82, 2.24) is 15.3 Å². The monoisotopic (exact) mass is 601 g/mol. The van der Waals surface area contributed by atoms with Gasteiger partial charge in [-0.1, -0.05) is 17.7 Å². The van der Waals surface area contributed by atoms with E-state index >= 15 is 0 Å². The zero-order valence-electron chi connectivity index (χ0n) is 21.9. The van der Waals surface area contributed by atoms with Crippen molar-refractivity contribution in [3.8, 4) is 5.75 Å². The van der Waals surface area contributed by atoms with Gasteiger partial charge in [-0.15, -0.1) is 13.2 Å². The van der Waals surface area contributed by atoms with Crippen LogP contribution in [0.4, 0.5) is 30.6 Å². The largest absolute Gasteiger partial charge is 0.573 e. The van der Waals surface area contributed by atoms with Crippen LogP contribution in [0.2, 0.25) is 5.02 Å². The summed E-state index contributed by atoms with van der Waals surface area (Å²) in [5.74, 6) is -0.468. The average molecular weight is 602 g/mol. The summed E-state index contributed by atoms with van der Waals surface area (Å²) < 4.78 is 69.6. The molecule has 1 aromatic carbocycles. The number of alkyl halides is 3. The molecule has 2 heterocycles. The van der Waals surface area contributed by atoms with E-state index in [4.69, 9.17) is 17.3 Å². The Morgan fingerprint density at radius 1 is 1.25 bits per heavy atom. The number of halogens is 4. The first-order chi connectivity index (χ1) is 18.8. The first-order valence-electron chi connectivity index (χ1n) is 12.8. The Bertz CT molecular complexity index is 1390. The van der Waals surface area contributed by atoms with Crippen LogP contribution >= 0.6 is 11.6 Å². The van der Waals surface area contributed by atoms with E-state index in [9.17, 15) is 21.6 Å². The van der Waals surface area contributed by atoms with Crippen LogP contribution in [0.1, 0.15) is 51.0 Å². The van der Waals surface area contributed by atoms with Crippen LogP contribution < -0.4 is 26.4 Å². The van der Waals surface area contributed by atoms with Gasteiger partial charge in [-0.25, -0.2) is 13.4 Å². The third-order valence-electron chi connectivity index (χ3n) is 6.44. The highest BCUT2D eigenvalue weighted by atomic mass is 35.5. The molecular weight excluding hydrogens is 571 g/mol. The molecular formula is C25H31ClF3N7O3S. The van der Waals surface area contributed by atoms with Crippen molar-refractivity contribution in [2.75, 3.05) is 23.7 Å². The van der Waals surface area contributed by atoms with Crippen molar-refractivity contribution in [2.45, 2.75) is 63.1 Å². The summed E-state index contributed by atoms with van der Waals surface area (Å²) >= 11 is 6.27. The Morgan fingerprint density at radius 2 is 1.95 bits per heavy atom. The molecule has 5 N–H and O–H groups in total. The zero-order chi connectivity index (χ0) is 29.1. The van der Waals surface area contributed by atoms with E-state index in [1.54, 1.807) is 6.07 Å². The number of nitrogens with one attached hydrogen (secondary N) is 3. The number of benzene rings is 1. The molecule has 0 bridgehead atoms. The number of rotatable bonds is 10. The second-order valence-corrected chi connectivity index (χ2v) is 12.7. The van der Waals surface area contributed by atoms with Crippen LogP contribution in [0.3, 0.4) is 0 Å². The van der Waals surface area contributed by atoms with E-state index in [-0.39, 0.29) is 40.1 Å². The Kier molecular flexibility index (Phi) is 9.10. The van der Waals surface area contributed by atoms with E-state index in [0.717, 1.165) is 44.3 Å². The molecule has 0 unspecified atom stereocenters. The number of anilines is 3. The quantitative estimate of drug-likeness (QED) is 0.281. The summed E-state index contributed by atoms with van der Waals surface area (Å²) in [5.41, 5.74) is 6.71. The standard InChI is InChI=1S/C25H31ClF3N7O3S/c1-14(2)40(37,38)22(30)20(13-32-17-4-5-17)34-23-18(26)12-33-24(36-23)35-19-6-3-16(15-7-9-31-10-8-15)11-21(19)39-25(27,28)29/h3,6,11-15,17,31H,4-5,7-10,30H2,1-2H3,(H2,33,34,35,36). The summed E-state index contributed by atoms with van der Waals surface area (Å²) in [6.07, 6.45) is 0.968. The first-order valence-corrected chi connectivity index (χ1v) is 14.7. The highest BCUT2D eigenvalue weighted by Crippen LogP contribution is 2.37. The fourth-order valence-electron chi connectivity index (χ4n) is 3.99. The number of allylic oxidation sites excluding steroid dienone is 1. The molecule has 2 aliphatic rings. The van der Waals surface area contributed by atoms with Crippen molar-refractivity contribution in [3.05, 3.63) is 45.7 Å². The predicted molar refractivity (Wildman–Crippen MR) is 149 cm³/mol. The van der Waals surface area contributed by atoms with Crippen molar-refractivity contribution >= 4 is 45.1 Å². The van der Waals surface area contributed by atoms with Crippen molar-refractivity contribution < 1.29 is 26.3 Å². The van der Waals surface area contributed by atoms with Gasteiger partial charge in [-0.05, 0) is 76.2 Å². The minimum Gasteiger partial charge on any atom is -0.404 e. The number of ether oxygens (including phenoxy) is 1. The van der Waals surface area contributed by atoms with Gasteiger partial charge >= 0.3 is 6.36 Å². The molecule has 2 aromatic rings. The number of piperidine rings is 1. The first kappa shape index (κ1) is 29.9. The molecule has 10 nitrogen and oxygen atoms in total. The number of sulfone groups is 1. The lowest BCUT2D eigenvalue weighted by molar-refractivity contribution is -0.274. The molecule has 2 fully saturated rings. The number of nitrogens with zero attached hydrogens (tertiary/aromatic N) is 3. The SMILES string of the molecule is CC(C)S(=O)(=O)C(N)=C(C=NC1CC1)Nc1nc(Nc2ccc(C3CCNCC3)cc2OC(F)(F)F)ncc1Cl. The van der Waals surface area contributed by atoms with Crippen molar-refractivity contribution in [3.63, 3.8) is 0 Å². The fourth-order valence-corrected chi connectivity index (χ4v) is 5.05. The molecule has 4 rings (SSSR count). The van der Waals surface area contributed by atoms with Crippen molar-refractivity contribution in [1.29, 1.82) is 0 Å². The van der Waals surface area contributed by atoms with Gasteiger partial charge in [-0.3, -0.25) is 4.99 Å². The molecule has 0 radical (unpaired) electrons. The minimum absolute atomic E-state index is 0.0174.